The Morgan fingerprint density at radius 1 is 0.153 bits per heavy atom. The van der Waals surface area contributed by atoms with E-state index in [-0.39, 0.29) is 0 Å². The van der Waals surface area contributed by atoms with Crippen LogP contribution in [-0.2, 0) is 0 Å². The standard InChI is InChI=1S/C36H44B22O/c37-13-5(8-10(20(44)25(13)49)21(45)31(55)30(54)18(8)42)1-3-6(16(40)28(52)26(50)14(3)38)2(7-4(1)15(39)27(51)29(53)17(7)41)9-19(43)22(46)11-12-23(47)32(56)33(57)34(58)36(12)59-35(11)24(9)48/h37-58H2. The van der Waals surface area contributed by atoms with E-state index in [0.717, 1.165) is 11.2 Å². The molecule has 8 aromatic rings. The quantitative estimate of drug-likeness (QED) is 0.128. The fraction of sp³-hybridized carbons (Fsp3) is 0. The predicted molar refractivity (Wildman–Crippen MR) is 337 cm³/mol. The van der Waals surface area contributed by atoms with Gasteiger partial charge in [0.05, 0.1) is 0 Å². The van der Waals surface area contributed by atoms with Gasteiger partial charge in [0.2, 0.25) is 0 Å². The topological polar surface area (TPSA) is 13.1 Å². The molecule has 1 aromatic heterocycles. The number of benzene rings is 7. The van der Waals surface area contributed by atoms with Gasteiger partial charge in [-0.15, -0.1) is 43.7 Å². The summed E-state index contributed by atoms with van der Waals surface area (Å²) in [6.45, 7) is 0. The zero-order chi connectivity index (χ0) is 43.5. The third-order valence-corrected chi connectivity index (χ3v) is 17.0. The molecule has 260 valence electrons. The van der Waals surface area contributed by atoms with Crippen LogP contribution in [0.4, 0.5) is 0 Å². The summed E-state index contributed by atoms with van der Waals surface area (Å²) in [5.41, 5.74) is 37.7. The molecule has 0 saturated carbocycles. The molecule has 0 amide bonds. The van der Waals surface area contributed by atoms with Gasteiger partial charge in [-0.3, -0.25) is 0 Å². The van der Waals surface area contributed by atoms with Crippen LogP contribution in [0.25, 0.3) is 76.5 Å². The summed E-state index contributed by atoms with van der Waals surface area (Å²) in [4.78, 5) is 0. The van der Waals surface area contributed by atoms with E-state index >= 15 is 0 Å². The van der Waals surface area contributed by atoms with Gasteiger partial charge in [-0.25, -0.2) is 0 Å². The van der Waals surface area contributed by atoms with Crippen molar-refractivity contribution >= 4 is 347 Å². The summed E-state index contributed by atoms with van der Waals surface area (Å²) in [5, 5.41) is 11.0. The SMILES string of the molecule is Bc1c(B)c(B)c2c(oc3c(B)c(-c4c5c(B)c(B)c(B)c(B)c5c(-c5c(B)c(B)c(B)c6c(B)c(B)c(B)c(B)c56)c5c(B)c(B)c(B)c(B)c45)c(B)c(B)c32)c1B. The first-order valence-electron chi connectivity index (χ1n) is 21.9. The largest absolute Gasteiger partial charge is 0.457 e. The summed E-state index contributed by atoms with van der Waals surface area (Å²) in [6.07, 6.45) is 0. The summed E-state index contributed by atoms with van der Waals surface area (Å²) in [7, 11) is 51.7. The summed E-state index contributed by atoms with van der Waals surface area (Å²) in [6, 6.07) is 0. The smallest absolute Gasteiger partial charge is 0.145 e. The molecule has 0 aliphatic carbocycles. The first-order chi connectivity index (χ1) is 27.5. The van der Waals surface area contributed by atoms with Crippen LogP contribution in [0.15, 0.2) is 4.42 Å². The van der Waals surface area contributed by atoms with E-state index in [2.05, 4.69) is 173 Å². The molecular weight excluding hydrogens is 686 g/mol. The Kier molecular flexibility index (Phi) is 10.1. The zero-order valence-corrected chi connectivity index (χ0v) is 40.4. The number of rotatable bonds is 2. The van der Waals surface area contributed by atoms with E-state index in [1.54, 1.807) is 0 Å². The van der Waals surface area contributed by atoms with Gasteiger partial charge in [0, 0.05) is 10.8 Å². The summed E-state index contributed by atoms with van der Waals surface area (Å²) in [5.74, 6) is 0. The van der Waals surface area contributed by atoms with Gasteiger partial charge < -0.3 is 4.42 Å². The van der Waals surface area contributed by atoms with Crippen LogP contribution in [0.5, 0.6) is 0 Å². The third kappa shape index (κ3) is 5.30. The first-order valence-corrected chi connectivity index (χ1v) is 21.9. The van der Waals surface area contributed by atoms with E-state index in [9.17, 15) is 0 Å². The van der Waals surface area contributed by atoms with Crippen LogP contribution in [0.3, 0.4) is 0 Å². The molecule has 0 N–H and O–H groups in total. The van der Waals surface area contributed by atoms with Crippen LogP contribution in [0, 0.1) is 0 Å². The lowest BCUT2D eigenvalue weighted by atomic mass is 9.56. The van der Waals surface area contributed by atoms with Crippen molar-refractivity contribution in [2.24, 2.45) is 0 Å². The molecule has 59 heavy (non-hydrogen) atoms. The fourth-order valence-corrected chi connectivity index (χ4v) is 11.6. The number of furan rings is 1. The maximum absolute atomic E-state index is 7.17. The first kappa shape index (κ1) is 42.2. The highest BCUT2D eigenvalue weighted by Crippen LogP contribution is 2.41. The minimum absolute atomic E-state index is 1.03. The molecule has 1 nitrogen and oxygen atoms in total. The Hall–Kier alpha value is -3.45. The van der Waals surface area contributed by atoms with E-state index in [0.29, 0.717) is 0 Å². The van der Waals surface area contributed by atoms with Crippen molar-refractivity contribution in [2.45, 2.75) is 0 Å². The van der Waals surface area contributed by atoms with Crippen molar-refractivity contribution in [3.63, 3.8) is 0 Å². The van der Waals surface area contributed by atoms with Gasteiger partial charge in [0.25, 0.3) is 0 Å². The highest BCUT2D eigenvalue weighted by molar-refractivity contribution is 6.76. The summed E-state index contributed by atoms with van der Waals surface area (Å²) < 4.78 is 7.17. The Morgan fingerprint density at radius 2 is 0.373 bits per heavy atom. The molecule has 0 radical (unpaired) electrons. The van der Waals surface area contributed by atoms with Crippen molar-refractivity contribution in [3.05, 3.63) is 0 Å². The van der Waals surface area contributed by atoms with Crippen LogP contribution in [0.1, 0.15) is 0 Å². The van der Waals surface area contributed by atoms with Crippen molar-refractivity contribution in [2.75, 3.05) is 0 Å². The third-order valence-electron chi connectivity index (χ3n) is 17.0. The highest BCUT2D eigenvalue weighted by Gasteiger charge is 2.31. The zero-order valence-electron chi connectivity index (χ0n) is 40.4. The Morgan fingerprint density at radius 3 is 0.746 bits per heavy atom. The number of hydrogen-bond acceptors (Lipinski definition) is 1. The minimum atomic E-state index is 1.03. The lowest BCUT2D eigenvalue weighted by Crippen LogP contribution is -2.53. The van der Waals surface area contributed by atoms with Gasteiger partial charge in [0.15, 0.2) is 0 Å². The monoisotopic (exact) mass is 735 g/mol. The molecule has 0 fully saturated rings. The number of hydrogen-bond donors (Lipinski definition) is 0. The molecule has 0 bridgehead atoms. The molecule has 7 aromatic carbocycles. The molecule has 0 unspecified atom stereocenters. The van der Waals surface area contributed by atoms with Crippen LogP contribution < -0.4 is 120 Å². The van der Waals surface area contributed by atoms with E-state index in [1.165, 1.54) is 186 Å². The lowest BCUT2D eigenvalue weighted by Gasteiger charge is -2.32. The Labute approximate surface area is 371 Å². The van der Waals surface area contributed by atoms with Gasteiger partial charge in [0.1, 0.15) is 184 Å². The molecular formula is C36H44B22O. The highest BCUT2D eigenvalue weighted by atomic mass is 16.3. The van der Waals surface area contributed by atoms with Gasteiger partial charge in [-0.1, -0.05) is 71.0 Å². The van der Waals surface area contributed by atoms with Gasteiger partial charge in [-0.05, 0) is 60.0 Å². The molecule has 0 saturated heterocycles. The average molecular weight is 731 g/mol. The van der Waals surface area contributed by atoms with Crippen LogP contribution >= 0.6 is 0 Å². The van der Waals surface area contributed by atoms with Crippen LogP contribution in [0.2, 0.25) is 0 Å². The van der Waals surface area contributed by atoms with Gasteiger partial charge in [-0.2, -0.15) is 0 Å². The van der Waals surface area contributed by atoms with Crippen molar-refractivity contribution in [3.8, 4) is 22.3 Å². The molecule has 0 aliphatic heterocycles. The van der Waals surface area contributed by atoms with Crippen molar-refractivity contribution in [1.82, 2.24) is 0 Å². The molecule has 8 rings (SSSR count). The normalized spacial score (nSPS) is 11.9. The van der Waals surface area contributed by atoms with Crippen molar-refractivity contribution in [1.29, 1.82) is 0 Å². The molecule has 0 spiro atoms. The molecule has 23 heteroatoms. The second kappa shape index (κ2) is 14.0. The molecule has 0 aliphatic rings. The second-order valence-corrected chi connectivity index (χ2v) is 19.0. The number of fused-ring (bicyclic) bond motifs is 6. The maximum Gasteiger partial charge on any atom is 0.145 e. The lowest BCUT2D eigenvalue weighted by molar-refractivity contribution is 0.675. The van der Waals surface area contributed by atoms with E-state index in [4.69, 9.17) is 4.42 Å². The second-order valence-electron chi connectivity index (χ2n) is 19.0. The van der Waals surface area contributed by atoms with E-state index in [1.807, 2.05) is 0 Å². The van der Waals surface area contributed by atoms with E-state index < -0.39 is 0 Å². The Balaban J connectivity index is 1.77. The average Bonchev–Trinajstić information content (AvgIpc) is 3.62. The summed E-state index contributed by atoms with van der Waals surface area (Å²) >= 11 is 0. The van der Waals surface area contributed by atoms with Crippen molar-refractivity contribution < 1.29 is 4.42 Å². The molecule has 1 heterocycles. The fourth-order valence-electron chi connectivity index (χ4n) is 11.6. The predicted octanol–water partition coefficient (Wildman–Crippen LogP) is -27.9. The maximum atomic E-state index is 7.17. The van der Waals surface area contributed by atoms with Crippen LogP contribution in [-0.4, -0.2) is 173 Å². The Bertz CT molecular complexity index is 3260. The minimum Gasteiger partial charge on any atom is -0.457 e. The molecule has 0 atom stereocenters. The van der Waals surface area contributed by atoms with Gasteiger partial charge >= 0.3 is 0 Å².